The standard InChI is InChI=1S/C17H17N5O2/c1-3-24-16(23)14-6-5-13(2)15(11-14)22(21-10-9-18-12-21)17-19-7-4-8-20-17/h4-12H,3H2,1-2H3. The first-order valence-corrected chi connectivity index (χ1v) is 7.54. The van der Waals surface area contributed by atoms with Gasteiger partial charge in [-0.3, -0.25) is 0 Å². The summed E-state index contributed by atoms with van der Waals surface area (Å²) in [5, 5.41) is 1.78. The molecule has 24 heavy (non-hydrogen) atoms. The van der Waals surface area contributed by atoms with Crippen molar-refractivity contribution in [2.24, 2.45) is 0 Å². The van der Waals surface area contributed by atoms with E-state index in [0.29, 0.717) is 18.1 Å². The number of aryl methyl sites for hydroxylation is 1. The Morgan fingerprint density at radius 1 is 1.25 bits per heavy atom. The van der Waals surface area contributed by atoms with E-state index in [1.54, 1.807) is 65.9 Å². The Morgan fingerprint density at radius 2 is 2.04 bits per heavy atom. The van der Waals surface area contributed by atoms with E-state index in [2.05, 4.69) is 15.0 Å². The van der Waals surface area contributed by atoms with Crippen LogP contribution < -0.4 is 5.01 Å². The lowest BCUT2D eigenvalue weighted by molar-refractivity contribution is 0.0526. The molecule has 0 spiro atoms. The van der Waals surface area contributed by atoms with Crippen molar-refractivity contribution in [1.29, 1.82) is 0 Å². The molecule has 7 heteroatoms. The number of ether oxygens (including phenoxy) is 1. The van der Waals surface area contributed by atoms with E-state index in [1.165, 1.54) is 0 Å². The molecule has 3 aromatic rings. The largest absolute Gasteiger partial charge is 0.462 e. The molecule has 2 heterocycles. The molecule has 122 valence electrons. The minimum atomic E-state index is -0.363. The van der Waals surface area contributed by atoms with Gasteiger partial charge in [-0.25, -0.2) is 29.4 Å². The number of aromatic nitrogens is 4. The fourth-order valence-corrected chi connectivity index (χ4v) is 2.29. The second-order valence-electron chi connectivity index (χ2n) is 5.03. The number of nitrogens with zero attached hydrogens (tertiary/aromatic N) is 5. The number of imidazole rings is 1. The van der Waals surface area contributed by atoms with Crippen molar-refractivity contribution in [2.75, 3.05) is 11.6 Å². The molecule has 3 rings (SSSR count). The Morgan fingerprint density at radius 3 is 2.71 bits per heavy atom. The zero-order valence-electron chi connectivity index (χ0n) is 13.5. The number of esters is 1. The summed E-state index contributed by atoms with van der Waals surface area (Å²) in [5.74, 6) is 0.109. The third-order valence-corrected chi connectivity index (χ3v) is 3.41. The van der Waals surface area contributed by atoms with Gasteiger partial charge in [0, 0.05) is 24.8 Å². The molecule has 0 radical (unpaired) electrons. The Bertz CT molecular complexity index is 818. The number of rotatable bonds is 5. The Balaban J connectivity index is 2.11. The molecule has 0 aliphatic carbocycles. The fraction of sp³-hybridized carbons (Fsp3) is 0.176. The molecule has 1 aromatic carbocycles. The van der Waals surface area contributed by atoms with Crippen LogP contribution in [0.4, 0.5) is 11.6 Å². The molecule has 0 fully saturated rings. The number of hydrogen-bond acceptors (Lipinski definition) is 6. The van der Waals surface area contributed by atoms with E-state index in [0.717, 1.165) is 11.3 Å². The number of hydrogen-bond donors (Lipinski definition) is 0. The van der Waals surface area contributed by atoms with Gasteiger partial charge in [0.1, 0.15) is 6.33 Å². The molecule has 0 unspecified atom stereocenters. The van der Waals surface area contributed by atoms with E-state index >= 15 is 0 Å². The lowest BCUT2D eigenvalue weighted by atomic mass is 10.1. The zero-order chi connectivity index (χ0) is 16.9. The maximum atomic E-state index is 12.1. The van der Waals surface area contributed by atoms with Gasteiger partial charge in [0.25, 0.3) is 0 Å². The predicted molar refractivity (Wildman–Crippen MR) is 88.9 cm³/mol. The molecule has 0 N–H and O–H groups in total. The van der Waals surface area contributed by atoms with Gasteiger partial charge in [-0.2, -0.15) is 0 Å². The van der Waals surface area contributed by atoms with Crippen LogP contribution in [0.3, 0.4) is 0 Å². The van der Waals surface area contributed by atoms with Gasteiger partial charge in [-0.05, 0) is 37.6 Å². The second-order valence-corrected chi connectivity index (χ2v) is 5.03. The van der Waals surface area contributed by atoms with Gasteiger partial charge in [-0.1, -0.05) is 6.07 Å². The van der Waals surface area contributed by atoms with Gasteiger partial charge in [0.05, 0.1) is 17.9 Å². The van der Waals surface area contributed by atoms with Crippen molar-refractivity contribution >= 4 is 17.6 Å². The minimum Gasteiger partial charge on any atom is -0.462 e. The van der Waals surface area contributed by atoms with Gasteiger partial charge >= 0.3 is 5.97 Å². The van der Waals surface area contributed by atoms with Crippen LogP contribution in [-0.2, 0) is 4.74 Å². The third kappa shape index (κ3) is 3.10. The van der Waals surface area contributed by atoms with Crippen LogP contribution in [0.2, 0.25) is 0 Å². The van der Waals surface area contributed by atoms with E-state index in [-0.39, 0.29) is 5.97 Å². The Hall–Kier alpha value is -3.22. The maximum Gasteiger partial charge on any atom is 0.338 e. The highest BCUT2D eigenvalue weighted by Crippen LogP contribution is 2.27. The predicted octanol–water partition coefficient (Wildman–Crippen LogP) is 2.76. The van der Waals surface area contributed by atoms with Crippen molar-refractivity contribution in [3.8, 4) is 0 Å². The van der Waals surface area contributed by atoms with Crippen molar-refractivity contribution in [3.63, 3.8) is 0 Å². The average Bonchev–Trinajstić information content (AvgIpc) is 3.12. The first-order chi connectivity index (χ1) is 11.7. The van der Waals surface area contributed by atoms with E-state index < -0.39 is 0 Å². The van der Waals surface area contributed by atoms with Crippen molar-refractivity contribution in [3.05, 3.63) is 66.5 Å². The number of benzene rings is 1. The van der Waals surface area contributed by atoms with E-state index in [4.69, 9.17) is 4.74 Å². The molecule has 0 amide bonds. The first-order valence-electron chi connectivity index (χ1n) is 7.54. The molecule has 0 saturated carbocycles. The minimum absolute atomic E-state index is 0.328. The zero-order valence-corrected chi connectivity index (χ0v) is 13.5. The van der Waals surface area contributed by atoms with Crippen LogP contribution in [-0.4, -0.2) is 32.2 Å². The van der Waals surface area contributed by atoms with E-state index in [1.807, 2.05) is 13.0 Å². The molecule has 7 nitrogen and oxygen atoms in total. The maximum absolute atomic E-state index is 12.1. The highest BCUT2D eigenvalue weighted by Gasteiger charge is 2.18. The lowest BCUT2D eigenvalue weighted by Gasteiger charge is -2.25. The second kappa shape index (κ2) is 6.91. The SMILES string of the molecule is CCOC(=O)c1ccc(C)c(N(c2ncccn2)n2ccnc2)c1. The average molecular weight is 323 g/mol. The third-order valence-electron chi connectivity index (χ3n) is 3.41. The smallest absolute Gasteiger partial charge is 0.338 e. The molecule has 0 atom stereocenters. The quantitative estimate of drug-likeness (QED) is 0.672. The van der Waals surface area contributed by atoms with Crippen molar-refractivity contribution in [1.82, 2.24) is 19.6 Å². The Kier molecular flexibility index (Phi) is 4.51. The summed E-state index contributed by atoms with van der Waals surface area (Å²) in [6.45, 7) is 4.06. The van der Waals surface area contributed by atoms with Gasteiger partial charge in [0.15, 0.2) is 0 Å². The number of anilines is 2. The summed E-state index contributed by atoms with van der Waals surface area (Å²) in [6.07, 6.45) is 8.42. The summed E-state index contributed by atoms with van der Waals surface area (Å²) >= 11 is 0. The van der Waals surface area contributed by atoms with E-state index in [9.17, 15) is 4.79 Å². The lowest BCUT2D eigenvalue weighted by Crippen LogP contribution is -2.26. The molecule has 0 aliphatic rings. The summed E-state index contributed by atoms with van der Waals surface area (Å²) in [4.78, 5) is 24.8. The fourth-order valence-electron chi connectivity index (χ4n) is 2.29. The molecule has 0 saturated heterocycles. The van der Waals surface area contributed by atoms with Gasteiger partial charge < -0.3 is 4.74 Å². The normalized spacial score (nSPS) is 10.4. The van der Waals surface area contributed by atoms with Crippen molar-refractivity contribution < 1.29 is 9.53 Å². The van der Waals surface area contributed by atoms with Gasteiger partial charge in [-0.15, -0.1) is 0 Å². The van der Waals surface area contributed by atoms with Crippen LogP contribution in [0.15, 0.2) is 55.4 Å². The molecular formula is C17H17N5O2. The monoisotopic (exact) mass is 323 g/mol. The number of carbonyl (C=O) groups is 1. The summed E-state index contributed by atoms with van der Waals surface area (Å²) in [5.41, 5.74) is 2.20. The molecule has 2 aromatic heterocycles. The molecule has 0 bridgehead atoms. The van der Waals surface area contributed by atoms with Crippen molar-refractivity contribution in [2.45, 2.75) is 13.8 Å². The molecular weight excluding hydrogens is 306 g/mol. The summed E-state index contributed by atoms with van der Waals surface area (Å²) in [6, 6.07) is 7.13. The first kappa shape index (κ1) is 15.7. The summed E-state index contributed by atoms with van der Waals surface area (Å²) < 4.78 is 6.85. The Labute approximate surface area is 139 Å². The highest BCUT2D eigenvalue weighted by molar-refractivity contribution is 5.91. The van der Waals surface area contributed by atoms with Gasteiger partial charge in [0.2, 0.25) is 5.95 Å². The van der Waals surface area contributed by atoms with Crippen LogP contribution in [0, 0.1) is 6.92 Å². The van der Waals surface area contributed by atoms with Crippen LogP contribution >= 0.6 is 0 Å². The highest BCUT2D eigenvalue weighted by atomic mass is 16.5. The van der Waals surface area contributed by atoms with Crippen LogP contribution in [0.5, 0.6) is 0 Å². The number of carbonyl (C=O) groups excluding carboxylic acids is 1. The molecule has 0 aliphatic heterocycles. The topological polar surface area (TPSA) is 73.1 Å². The summed E-state index contributed by atoms with van der Waals surface area (Å²) in [7, 11) is 0. The van der Waals surface area contributed by atoms with Crippen LogP contribution in [0.1, 0.15) is 22.8 Å². The van der Waals surface area contributed by atoms with Crippen LogP contribution in [0.25, 0.3) is 0 Å².